The molecule has 96 valence electrons. The Kier molecular flexibility index (Phi) is 4.73. The predicted octanol–water partition coefficient (Wildman–Crippen LogP) is 2.24. The van der Waals surface area contributed by atoms with E-state index in [1.165, 1.54) is 0 Å². The van der Waals surface area contributed by atoms with Crippen molar-refractivity contribution in [3.05, 3.63) is 52.2 Å². The monoisotopic (exact) mass is 270 g/mol. The minimum Gasteiger partial charge on any atom is -0.325 e. The van der Waals surface area contributed by atoms with Gasteiger partial charge in [-0.3, -0.25) is 4.79 Å². The first-order valence-corrected chi connectivity index (χ1v) is 6.83. The molecule has 1 heterocycles. The molecule has 19 heavy (non-hydrogen) atoms. The Hall–Kier alpha value is -2.09. The van der Waals surface area contributed by atoms with Gasteiger partial charge in [-0.25, -0.2) is 0 Å². The van der Waals surface area contributed by atoms with E-state index in [2.05, 4.69) is 17.2 Å². The third kappa shape index (κ3) is 3.95. The number of hydrogen-bond acceptors (Lipinski definition) is 3. The SMILES string of the molecule is NCC#Cc1ccccc1NC(=O)Cc1ccsc1. The van der Waals surface area contributed by atoms with Crippen molar-refractivity contribution < 1.29 is 4.79 Å². The highest BCUT2D eigenvalue weighted by molar-refractivity contribution is 7.08. The molecule has 0 aliphatic heterocycles. The van der Waals surface area contributed by atoms with Crippen LogP contribution in [0.1, 0.15) is 11.1 Å². The van der Waals surface area contributed by atoms with Crippen LogP contribution in [0.2, 0.25) is 0 Å². The molecule has 0 radical (unpaired) electrons. The maximum Gasteiger partial charge on any atom is 0.228 e. The number of anilines is 1. The lowest BCUT2D eigenvalue weighted by Crippen LogP contribution is -2.14. The number of rotatable bonds is 3. The molecule has 0 saturated carbocycles. The first kappa shape index (κ1) is 13.3. The molecule has 0 fully saturated rings. The van der Waals surface area contributed by atoms with Crippen molar-refractivity contribution >= 4 is 22.9 Å². The van der Waals surface area contributed by atoms with Gasteiger partial charge in [0.05, 0.1) is 18.7 Å². The lowest BCUT2D eigenvalue weighted by atomic mass is 10.1. The maximum absolute atomic E-state index is 11.9. The molecule has 0 atom stereocenters. The maximum atomic E-state index is 11.9. The Morgan fingerprint density at radius 1 is 1.32 bits per heavy atom. The van der Waals surface area contributed by atoms with Gasteiger partial charge in [0.2, 0.25) is 5.91 Å². The van der Waals surface area contributed by atoms with Crippen molar-refractivity contribution in [1.82, 2.24) is 0 Å². The van der Waals surface area contributed by atoms with Crippen LogP contribution in [-0.2, 0) is 11.2 Å². The fraction of sp³-hybridized carbons (Fsp3) is 0.133. The van der Waals surface area contributed by atoms with Gasteiger partial charge in [-0.05, 0) is 34.5 Å². The fourth-order valence-corrected chi connectivity index (χ4v) is 2.29. The number of amides is 1. The van der Waals surface area contributed by atoms with Gasteiger partial charge in [0.1, 0.15) is 0 Å². The molecule has 1 aromatic heterocycles. The van der Waals surface area contributed by atoms with Gasteiger partial charge in [0, 0.05) is 5.56 Å². The molecule has 2 aromatic rings. The summed E-state index contributed by atoms with van der Waals surface area (Å²) in [6.45, 7) is 0.303. The van der Waals surface area contributed by atoms with E-state index < -0.39 is 0 Å². The van der Waals surface area contributed by atoms with Crippen LogP contribution in [0.5, 0.6) is 0 Å². The highest BCUT2D eigenvalue weighted by Crippen LogP contribution is 2.14. The van der Waals surface area contributed by atoms with Crippen LogP contribution < -0.4 is 11.1 Å². The van der Waals surface area contributed by atoms with Gasteiger partial charge >= 0.3 is 0 Å². The quantitative estimate of drug-likeness (QED) is 0.840. The molecule has 0 aliphatic carbocycles. The Balaban J connectivity index is 2.08. The van der Waals surface area contributed by atoms with E-state index in [4.69, 9.17) is 5.73 Å². The number of hydrogen-bond donors (Lipinski definition) is 2. The number of nitrogens with two attached hydrogens (primary N) is 1. The first-order chi connectivity index (χ1) is 9.29. The summed E-state index contributed by atoms with van der Waals surface area (Å²) in [6, 6.07) is 9.40. The smallest absolute Gasteiger partial charge is 0.228 e. The third-order valence-electron chi connectivity index (χ3n) is 2.47. The number of para-hydroxylation sites is 1. The van der Waals surface area contributed by atoms with E-state index in [1.807, 2.05) is 41.1 Å². The van der Waals surface area contributed by atoms with Crippen molar-refractivity contribution in [2.75, 3.05) is 11.9 Å². The Morgan fingerprint density at radius 2 is 2.16 bits per heavy atom. The number of benzene rings is 1. The average molecular weight is 270 g/mol. The second-order valence-corrected chi connectivity index (χ2v) is 4.69. The molecular weight excluding hydrogens is 256 g/mol. The normalized spacial score (nSPS) is 9.53. The molecule has 4 heteroatoms. The third-order valence-corrected chi connectivity index (χ3v) is 3.20. The summed E-state index contributed by atoms with van der Waals surface area (Å²) in [7, 11) is 0. The van der Waals surface area contributed by atoms with Crippen molar-refractivity contribution in [1.29, 1.82) is 0 Å². The van der Waals surface area contributed by atoms with E-state index >= 15 is 0 Å². The van der Waals surface area contributed by atoms with Crippen LogP contribution in [-0.4, -0.2) is 12.5 Å². The lowest BCUT2D eigenvalue weighted by Gasteiger charge is -2.06. The zero-order chi connectivity index (χ0) is 13.5. The largest absolute Gasteiger partial charge is 0.325 e. The van der Waals surface area contributed by atoms with E-state index in [0.717, 1.165) is 16.8 Å². The van der Waals surface area contributed by atoms with Crippen molar-refractivity contribution in [2.45, 2.75) is 6.42 Å². The second-order valence-electron chi connectivity index (χ2n) is 3.91. The molecule has 3 nitrogen and oxygen atoms in total. The van der Waals surface area contributed by atoms with Crippen molar-refractivity contribution in [3.8, 4) is 11.8 Å². The van der Waals surface area contributed by atoms with E-state index in [-0.39, 0.29) is 5.91 Å². The first-order valence-electron chi connectivity index (χ1n) is 5.88. The predicted molar refractivity (Wildman–Crippen MR) is 79.0 cm³/mol. The Morgan fingerprint density at radius 3 is 2.89 bits per heavy atom. The van der Waals surface area contributed by atoms with Crippen LogP contribution in [0, 0.1) is 11.8 Å². The van der Waals surface area contributed by atoms with Crippen LogP contribution in [0.25, 0.3) is 0 Å². The molecule has 3 N–H and O–H groups in total. The number of thiophene rings is 1. The number of nitrogens with one attached hydrogen (secondary N) is 1. The standard InChI is InChI=1S/C15H14N2OS/c16-8-3-5-13-4-1-2-6-14(13)17-15(18)10-12-7-9-19-11-12/h1-2,4,6-7,9,11H,8,10,16H2,(H,17,18). The van der Waals surface area contributed by atoms with Gasteiger partial charge in [-0.1, -0.05) is 24.0 Å². The molecule has 0 spiro atoms. The molecule has 1 amide bonds. The van der Waals surface area contributed by atoms with E-state index in [0.29, 0.717) is 13.0 Å². The summed E-state index contributed by atoms with van der Waals surface area (Å²) >= 11 is 1.59. The molecule has 0 saturated heterocycles. The fourth-order valence-electron chi connectivity index (χ4n) is 1.62. The summed E-state index contributed by atoms with van der Waals surface area (Å²) in [4.78, 5) is 11.9. The molecule has 0 unspecified atom stereocenters. The van der Waals surface area contributed by atoms with Crippen LogP contribution >= 0.6 is 11.3 Å². The number of carbonyl (C=O) groups is 1. The minimum absolute atomic E-state index is 0.0413. The van der Waals surface area contributed by atoms with E-state index in [9.17, 15) is 4.79 Å². The molecule has 0 aliphatic rings. The summed E-state index contributed by atoms with van der Waals surface area (Å²) in [6.07, 6.45) is 0.377. The van der Waals surface area contributed by atoms with Crippen LogP contribution in [0.15, 0.2) is 41.1 Å². The van der Waals surface area contributed by atoms with Gasteiger partial charge in [0.25, 0.3) is 0 Å². The zero-order valence-corrected chi connectivity index (χ0v) is 11.2. The van der Waals surface area contributed by atoms with Gasteiger partial charge in [-0.15, -0.1) is 0 Å². The van der Waals surface area contributed by atoms with Gasteiger partial charge in [0.15, 0.2) is 0 Å². The van der Waals surface area contributed by atoms with E-state index in [1.54, 1.807) is 11.3 Å². The Labute approximate surface area is 116 Å². The summed E-state index contributed by atoms with van der Waals surface area (Å²) in [5.74, 6) is 5.70. The Bertz CT molecular complexity index is 609. The van der Waals surface area contributed by atoms with Crippen molar-refractivity contribution in [2.24, 2.45) is 5.73 Å². The summed E-state index contributed by atoms with van der Waals surface area (Å²) < 4.78 is 0. The second kappa shape index (κ2) is 6.74. The van der Waals surface area contributed by atoms with Crippen molar-refractivity contribution in [3.63, 3.8) is 0 Å². The van der Waals surface area contributed by atoms with Crippen LogP contribution in [0.3, 0.4) is 0 Å². The molecular formula is C15H14N2OS. The summed E-state index contributed by atoms with van der Waals surface area (Å²) in [5, 5.41) is 6.81. The topological polar surface area (TPSA) is 55.1 Å². The van der Waals surface area contributed by atoms with Gasteiger partial charge in [-0.2, -0.15) is 11.3 Å². The molecule has 1 aromatic carbocycles. The van der Waals surface area contributed by atoms with Gasteiger partial charge < -0.3 is 11.1 Å². The zero-order valence-electron chi connectivity index (χ0n) is 10.3. The summed E-state index contributed by atoms with van der Waals surface area (Å²) in [5.41, 5.74) is 7.89. The van der Waals surface area contributed by atoms with Crippen LogP contribution in [0.4, 0.5) is 5.69 Å². The molecule has 0 bridgehead atoms. The highest BCUT2D eigenvalue weighted by Gasteiger charge is 2.06. The lowest BCUT2D eigenvalue weighted by molar-refractivity contribution is -0.115. The average Bonchev–Trinajstić information content (AvgIpc) is 2.90. The number of carbonyl (C=O) groups excluding carboxylic acids is 1. The minimum atomic E-state index is -0.0413. The molecule has 2 rings (SSSR count). The highest BCUT2D eigenvalue weighted by atomic mass is 32.1.